The van der Waals surface area contributed by atoms with Crippen molar-refractivity contribution >= 4 is 17.4 Å². The second-order valence-corrected chi connectivity index (χ2v) is 5.05. The molecular weight excluding hydrogens is 248 g/mol. The molecule has 1 atom stereocenters. The number of halogens is 1. The van der Waals surface area contributed by atoms with Crippen LogP contribution in [0.4, 0.5) is 5.82 Å². The average molecular weight is 271 g/mol. The summed E-state index contributed by atoms with van der Waals surface area (Å²) in [6.07, 6.45) is 3.69. The number of rotatable bonds is 8. The van der Waals surface area contributed by atoms with Crippen LogP contribution in [0.25, 0.3) is 0 Å². The minimum absolute atomic E-state index is 0.321. The van der Waals surface area contributed by atoms with Gasteiger partial charge in [-0.15, -0.1) is 11.6 Å². The number of anilines is 1. The molecule has 1 rings (SSSR count). The first-order valence-electron chi connectivity index (χ1n) is 6.59. The molecule has 0 aliphatic heterocycles. The minimum Gasteiger partial charge on any atom is -0.490 e. The molecule has 0 aliphatic carbocycles. The van der Waals surface area contributed by atoms with Crippen LogP contribution in [0.5, 0.6) is 5.75 Å². The highest BCUT2D eigenvalue weighted by atomic mass is 35.5. The Hall–Kier alpha value is -0.960. The van der Waals surface area contributed by atoms with Crippen LogP contribution < -0.4 is 10.1 Å². The van der Waals surface area contributed by atoms with Crippen LogP contribution in [0.3, 0.4) is 0 Å². The van der Waals surface area contributed by atoms with E-state index in [9.17, 15) is 0 Å². The standard InChI is InChI=1S/C14H23ClN2O/c1-4-10-18-13-6-5-9-16-14(13)17-12(7-8-15)11(2)3/h5-6,9,11-12H,4,7-8,10H2,1-3H3,(H,16,17). The van der Waals surface area contributed by atoms with E-state index in [4.69, 9.17) is 16.3 Å². The van der Waals surface area contributed by atoms with Crippen LogP contribution in [0.1, 0.15) is 33.6 Å². The summed E-state index contributed by atoms with van der Waals surface area (Å²) in [7, 11) is 0. The Labute approximate surface area is 115 Å². The van der Waals surface area contributed by atoms with Crippen molar-refractivity contribution in [1.29, 1.82) is 0 Å². The van der Waals surface area contributed by atoms with Crippen molar-refractivity contribution in [2.75, 3.05) is 17.8 Å². The Morgan fingerprint density at radius 3 is 2.83 bits per heavy atom. The zero-order valence-electron chi connectivity index (χ0n) is 11.4. The summed E-state index contributed by atoms with van der Waals surface area (Å²) in [5, 5.41) is 3.44. The molecule has 1 unspecified atom stereocenters. The lowest BCUT2D eigenvalue weighted by Crippen LogP contribution is -2.27. The van der Waals surface area contributed by atoms with Gasteiger partial charge in [0.2, 0.25) is 0 Å². The second-order valence-electron chi connectivity index (χ2n) is 4.67. The van der Waals surface area contributed by atoms with Crippen molar-refractivity contribution in [3.63, 3.8) is 0 Å². The molecule has 3 nitrogen and oxygen atoms in total. The van der Waals surface area contributed by atoms with Gasteiger partial charge in [0.1, 0.15) is 0 Å². The van der Waals surface area contributed by atoms with E-state index in [1.54, 1.807) is 6.20 Å². The van der Waals surface area contributed by atoms with E-state index >= 15 is 0 Å². The largest absolute Gasteiger partial charge is 0.490 e. The SMILES string of the molecule is CCCOc1cccnc1NC(CCCl)C(C)C. The highest BCUT2D eigenvalue weighted by Crippen LogP contribution is 2.24. The number of pyridine rings is 1. The lowest BCUT2D eigenvalue weighted by Gasteiger charge is -2.23. The van der Waals surface area contributed by atoms with Crippen LogP contribution in [-0.2, 0) is 0 Å². The van der Waals surface area contributed by atoms with Gasteiger partial charge >= 0.3 is 0 Å². The van der Waals surface area contributed by atoms with E-state index in [0.717, 1.165) is 24.4 Å². The van der Waals surface area contributed by atoms with Gasteiger partial charge in [0.05, 0.1) is 6.61 Å². The summed E-state index contributed by atoms with van der Waals surface area (Å²) in [6, 6.07) is 4.16. The zero-order chi connectivity index (χ0) is 13.4. The van der Waals surface area contributed by atoms with Gasteiger partial charge in [-0.1, -0.05) is 20.8 Å². The Morgan fingerprint density at radius 1 is 1.44 bits per heavy atom. The fraction of sp³-hybridized carbons (Fsp3) is 0.643. The number of hydrogen-bond acceptors (Lipinski definition) is 3. The molecule has 18 heavy (non-hydrogen) atoms. The minimum atomic E-state index is 0.321. The van der Waals surface area contributed by atoms with Crippen LogP contribution in [0, 0.1) is 5.92 Å². The van der Waals surface area contributed by atoms with Crippen molar-refractivity contribution in [2.45, 2.75) is 39.7 Å². The lowest BCUT2D eigenvalue weighted by molar-refractivity contribution is 0.317. The van der Waals surface area contributed by atoms with Gasteiger partial charge in [-0.2, -0.15) is 0 Å². The quantitative estimate of drug-likeness (QED) is 0.727. The molecule has 0 amide bonds. The monoisotopic (exact) mass is 270 g/mol. The summed E-state index contributed by atoms with van der Waals surface area (Å²) >= 11 is 5.84. The summed E-state index contributed by atoms with van der Waals surface area (Å²) in [5.74, 6) is 2.78. The van der Waals surface area contributed by atoms with Crippen molar-refractivity contribution in [3.05, 3.63) is 18.3 Å². The van der Waals surface area contributed by atoms with E-state index in [2.05, 4.69) is 31.1 Å². The van der Waals surface area contributed by atoms with Crippen molar-refractivity contribution in [1.82, 2.24) is 4.98 Å². The molecule has 1 N–H and O–H groups in total. The molecule has 1 aromatic heterocycles. The second kappa shape index (κ2) is 8.20. The third-order valence-electron chi connectivity index (χ3n) is 2.78. The summed E-state index contributed by atoms with van der Waals surface area (Å²) < 4.78 is 5.69. The molecule has 0 saturated carbocycles. The van der Waals surface area contributed by atoms with Gasteiger partial charge in [-0.05, 0) is 30.9 Å². The van der Waals surface area contributed by atoms with Gasteiger partial charge < -0.3 is 10.1 Å². The van der Waals surface area contributed by atoms with Crippen LogP contribution in [0.2, 0.25) is 0 Å². The van der Waals surface area contributed by atoms with E-state index in [0.29, 0.717) is 24.4 Å². The molecule has 0 saturated heterocycles. The Balaban J connectivity index is 2.74. The average Bonchev–Trinajstić information content (AvgIpc) is 2.37. The first kappa shape index (κ1) is 15.1. The molecule has 0 spiro atoms. The molecule has 102 valence electrons. The summed E-state index contributed by atoms with van der Waals surface area (Å²) in [5.41, 5.74) is 0. The van der Waals surface area contributed by atoms with E-state index in [1.165, 1.54) is 0 Å². The maximum absolute atomic E-state index is 5.84. The number of aromatic nitrogens is 1. The number of nitrogens with one attached hydrogen (secondary N) is 1. The zero-order valence-corrected chi connectivity index (χ0v) is 12.2. The summed E-state index contributed by atoms with van der Waals surface area (Å²) in [6.45, 7) is 7.16. The first-order chi connectivity index (χ1) is 8.69. The van der Waals surface area contributed by atoms with Gasteiger partial charge in [0, 0.05) is 18.1 Å². The molecule has 1 heterocycles. The molecule has 4 heteroatoms. The molecule has 1 aromatic rings. The topological polar surface area (TPSA) is 34.1 Å². The van der Waals surface area contributed by atoms with Crippen molar-refractivity contribution in [3.8, 4) is 5.75 Å². The van der Waals surface area contributed by atoms with E-state index in [1.807, 2.05) is 12.1 Å². The molecule has 0 aromatic carbocycles. The summed E-state index contributed by atoms with van der Waals surface area (Å²) in [4.78, 5) is 4.36. The third kappa shape index (κ3) is 4.73. The van der Waals surface area contributed by atoms with Gasteiger partial charge in [0.15, 0.2) is 11.6 Å². The van der Waals surface area contributed by atoms with Crippen LogP contribution >= 0.6 is 11.6 Å². The number of hydrogen-bond donors (Lipinski definition) is 1. The molecule has 0 aliphatic rings. The molecule has 0 radical (unpaired) electrons. The smallest absolute Gasteiger partial charge is 0.168 e. The fourth-order valence-electron chi connectivity index (χ4n) is 1.69. The highest BCUT2D eigenvalue weighted by Gasteiger charge is 2.15. The van der Waals surface area contributed by atoms with Gasteiger partial charge in [0.25, 0.3) is 0 Å². The number of nitrogens with zero attached hydrogens (tertiary/aromatic N) is 1. The predicted octanol–water partition coefficient (Wildman–Crippen LogP) is 3.94. The third-order valence-corrected chi connectivity index (χ3v) is 3.00. The molecule has 0 fully saturated rings. The van der Waals surface area contributed by atoms with E-state index in [-0.39, 0.29) is 0 Å². The van der Waals surface area contributed by atoms with Gasteiger partial charge in [-0.3, -0.25) is 0 Å². The number of alkyl halides is 1. The van der Waals surface area contributed by atoms with Crippen molar-refractivity contribution in [2.24, 2.45) is 5.92 Å². The van der Waals surface area contributed by atoms with Crippen molar-refractivity contribution < 1.29 is 4.74 Å². The Bertz CT molecular complexity index is 344. The lowest BCUT2D eigenvalue weighted by atomic mass is 10.0. The molecular formula is C14H23ClN2O. The van der Waals surface area contributed by atoms with E-state index < -0.39 is 0 Å². The van der Waals surface area contributed by atoms with Crippen LogP contribution in [0.15, 0.2) is 18.3 Å². The molecule has 0 bridgehead atoms. The maximum Gasteiger partial charge on any atom is 0.168 e. The van der Waals surface area contributed by atoms with Gasteiger partial charge in [-0.25, -0.2) is 4.98 Å². The fourth-order valence-corrected chi connectivity index (χ4v) is 1.93. The maximum atomic E-state index is 5.84. The number of ether oxygens (including phenoxy) is 1. The first-order valence-corrected chi connectivity index (χ1v) is 7.12. The highest BCUT2D eigenvalue weighted by molar-refractivity contribution is 6.17. The Morgan fingerprint density at radius 2 is 2.22 bits per heavy atom. The normalized spacial score (nSPS) is 12.5. The predicted molar refractivity (Wildman–Crippen MR) is 77.6 cm³/mol. The Kier molecular flexibility index (Phi) is 6.88. The van der Waals surface area contributed by atoms with Crippen LogP contribution in [-0.4, -0.2) is 23.5 Å².